The predicted molar refractivity (Wildman–Crippen MR) is 70.4 cm³/mol. The molecule has 1 amide bonds. The van der Waals surface area contributed by atoms with E-state index in [0.29, 0.717) is 10.6 Å². The van der Waals surface area contributed by atoms with Crippen LogP contribution in [0.4, 0.5) is 0 Å². The lowest BCUT2D eigenvalue weighted by Crippen LogP contribution is -2.47. The number of ether oxygens (including phenoxy) is 1. The molecule has 2 rings (SSSR count). The molecule has 0 unspecified atom stereocenters. The molecule has 1 N–H and O–H groups in total. The topological polar surface area (TPSA) is 38.3 Å². The van der Waals surface area contributed by atoms with Gasteiger partial charge in [-0.2, -0.15) is 0 Å². The van der Waals surface area contributed by atoms with Crippen molar-refractivity contribution in [1.29, 1.82) is 0 Å². The average molecular weight is 319 g/mol. The first kappa shape index (κ1) is 12.9. The molecule has 3 nitrogen and oxygen atoms in total. The predicted octanol–water partition coefficient (Wildman–Crippen LogP) is 3.01. The van der Waals surface area contributed by atoms with Crippen molar-refractivity contribution >= 4 is 33.4 Å². The third kappa shape index (κ3) is 3.21. The number of halogens is 2. The molecule has 0 spiro atoms. The van der Waals surface area contributed by atoms with E-state index in [1.165, 1.54) is 0 Å². The third-order valence-electron chi connectivity index (χ3n) is 2.89. The lowest BCUT2D eigenvalue weighted by Gasteiger charge is -2.34. The van der Waals surface area contributed by atoms with Gasteiger partial charge in [-0.05, 0) is 31.0 Å². The van der Waals surface area contributed by atoms with Crippen LogP contribution in [0.3, 0.4) is 0 Å². The van der Waals surface area contributed by atoms with Gasteiger partial charge < -0.3 is 10.1 Å². The Balaban J connectivity index is 1.96. The fraction of sp³-hybridized carbons (Fsp3) is 0.417. The van der Waals surface area contributed by atoms with Gasteiger partial charge >= 0.3 is 0 Å². The lowest BCUT2D eigenvalue weighted by molar-refractivity contribution is 0.0176. The number of carbonyl (C=O) groups excluding carboxylic acids is 1. The summed E-state index contributed by atoms with van der Waals surface area (Å²) in [7, 11) is 1.69. The summed E-state index contributed by atoms with van der Waals surface area (Å²) < 4.78 is 5.97. The van der Waals surface area contributed by atoms with Crippen LogP contribution >= 0.6 is 27.5 Å². The smallest absolute Gasteiger partial charge is 0.251 e. The molecule has 1 aromatic carbocycles. The highest BCUT2D eigenvalue weighted by Crippen LogP contribution is 2.24. The Morgan fingerprint density at radius 2 is 2.18 bits per heavy atom. The summed E-state index contributed by atoms with van der Waals surface area (Å²) >= 11 is 9.21. The minimum Gasteiger partial charge on any atom is -0.381 e. The molecule has 0 saturated heterocycles. The number of hydrogen-bond donors (Lipinski definition) is 1. The second kappa shape index (κ2) is 5.38. The monoisotopic (exact) mass is 317 g/mol. The minimum absolute atomic E-state index is 0.0900. The molecule has 1 aromatic rings. The number of nitrogens with one attached hydrogen (secondary N) is 1. The third-order valence-corrected chi connectivity index (χ3v) is 3.56. The molecule has 0 aromatic heterocycles. The Morgan fingerprint density at radius 3 is 2.76 bits per heavy atom. The summed E-state index contributed by atoms with van der Waals surface area (Å²) in [5, 5.41) is 3.50. The molecule has 0 bridgehead atoms. The minimum atomic E-state index is -0.0900. The Hall–Kier alpha value is -0.580. The lowest BCUT2D eigenvalue weighted by atomic mass is 9.89. The number of hydrogen-bond acceptors (Lipinski definition) is 2. The normalized spacial score (nSPS) is 23.0. The Morgan fingerprint density at radius 1 is 1.47 bits per heavy atom. The van der Waals surface area contributed by atoms with E-state index < -0.39 is 0 Å². The fourth-order valence-electron chi connectivity index (χ4n) is 1.83. The van der Waals surface area contributed by atoms with Gasteiger partial charge in [-0.3, -0.25) is 4.79 Å². The number of amides is 1. The summed E-state index contributed by atoms with van der Waals surface area (Å²) in [6.45, 7) is 0. The van der Waals surface area contributed by atoms with Crippen LogP contribution in [0, 0.1) is 0 Å². The maximum Gasteiger partial charge on any atom is 0.251 e. The zero-order chi connectivity index (χ0) is 12.4. The first-order valence-electron chi connectivity index (χ1n) is 5.38. The molecule has 92 valence electrons. The van der Waals surface area contributed by atoms with Crippen LogP contribution in [0.2, 0.25) is 5.02 Å². The zero-order valence-corrected chi connectivity index (χ0v) is 11.7. The number of benzene rings is 1. The molecule has 1 aliphatic carbocycles. The van der Waals surface area contributed by atoms with Crippen molar-refractivity contribution in [2.45, 2.75) is 25.0 Å². The van der Waals surface area contributed by atoms with Crippen molar-refractivity contribution in [1.82, 2.24) is 5.32 Å². The van der Waals surface area contributed by atoms with Gasteiger partial charge in [0, 0.05) is 28.2 Å². The Labute approximate surface area is 114 Å². The summed E-state index contributed by atoms with van der Waals surface area (Å²) in [4.78, 5) is 11.9. The van der Waals surface area contributed by atoms with E-state index >= 15 is 0 Å². The maximum atomic E-state index is 11.9. The second-order valence-electron chi connectivity index (χ2n) is 4.16. The molecule has 0 aliphatic heterocycles. The van der Waals surface area contributed by atoms with Crippen molar-refractivity contribution in [3.8, 4) is 0 Å². The molecule has 1 saturated carbocycles. The summed E-state index contributed by atoms with van der Waals surface area (Å²) in [5.74, 6) is -0.0900. The van der Waals surface area contributed by atoms with Gasteiger partial charge in [0.1, 0.15) is 0 Å². The van der Waals surface area contributed by atoms with Gasteiger partial charge in [0.15, 0.2) is 0 Å². The van der Waals surface area contributed by atoms with Gasteiger partial charge in [-0.1, -0.05) is 27.5 Å². The van der Waals surface area contributed by atoms with E-state index in [2.05, 4.69) is 21.2 Å². The van der Waals surface area contributed by atoms with Crippen molar-refractivity contribution in [2.24, 2.45) is 0 Å². The highest BCUT2D eigenvalue weighted by Gasteiger charge is 2.30. The molecule has 0 heterocycles. The average Bonchev–Trinajstić information content (AvgIpc) is 2.21. The van der Waals surface area contributed by atoms with Crippen LogP contribution in [-0.2, 0) is 4.74 Å². The van der Waals surface area contributed by atoms with Crippen LogP contribution in [0.1, 0.15) is 23.2 Å². The molecule has 1 fully saturated rings. The van der Waals surface area contributed by atoms with Crippen molar-refractivity contribution in [3.05, 3.63) is 33.3 Å². The summed E-state index contributed by atoms with van der Waals surface area (Å²) in [6.07, 6.45) is 2.04. The first-order valence-corrected chi connectivity index (χ1v) is 6.55. The van der Waals surface area contributed by atoms with Gasteiger partial charge in [-0.25, -0.2) is 0 Å². The van der Waals surface area contributed by atoms with E-state index in [4.69, 9.17) is 16.3 Å². The number of rotatable bonds is 3. The van der Waals surface area contributed by atoms with Gasteiger partial charge in [-0.15, -0.1) is 0 Å². The Kier molecular flexibility index (Phi) is 4.07. The standard InChI is InChI=1S/C12H13BrClNO2/c1-17-11-5-10(6-11)15-12(16)7-2-8(13)4-9(14)3-7/h2-4,10-11H,5-6H2,1H3,(H,15,16). The van der Waals surface area contributed by atoms with Gasteiger partial charge in [0.25, 0.3) is 5.91 Å². The highest BCUT2D eigenvalue weighted by molar-refractivity contribution is 9.10. The van der Waals surface area contributed by atoms with Crippen LogP contribution in [-0.4, -0.2) is 25.2 Å². The molecule has 5 heteroatoms. The maximum absolute atomic E-state index is 11.9. The molecule has 1 aliphatic rings. The van der Waals surface area contributed by atoms with Crippen molar-refractivity contribution in [2.75, 3.05) is 7.11 Å². The van der Waals surface area contributed by atoms with E-state index in [0.717, 1.165) is 17.3 Å². The fourth-order valence-corrected chi connectivity index (χ4v) is 2.69. The number of methoxy groups -OCH3 is 1. The zero-order valence-electron chi connectivity index (χ0n) is 9.37. The van der Waals surface area contributed by atoms with Crippen molar-refractivity contribution in [3.63, 3.8) is 0 Å². The van der Waals surface area contributed by atoms with Crippen LogP contribution < -0.4 is 5.32 Å². The second-order valence-corrected chi connectivity index (χ2v) is 5.51. The van der Waals surface area contributed by atoms with Gasteiger partial charge in [0.05, 0.1) is 6.10 Å². The molecule has 17 heavy (non-hydrogen) atoms. The van der Waals surface area contributed by atoms with Crippen LogP contribution in [0.25, 0.3) is 0 Å². The molecule has 0 atom stereocenters. The Bertz CT molecular complexity index is 412. The first-order chi connectivity index (χ1) is 8.08. The van der Waals surface area contributed by atoms with Gasteiger partial charge in [0.2, 0.25) is 0 Å². The number of carbonyl (C=O) groups is 1. The molecular formula is C12H13BrClNO2. The van der Waals surface area contributed by atoms with E-state index in [-0.39, 0.29) is 18.1 Å². The van der Waals surface area contributed by atoms with E-state index in [1.807, 2.05) is 0 Å². The van der Waals surface area contributed by atoms with Crippen LogP contribution in [0.15, 0.2) is 22.7 Å². The van der Waals surface area contributed by atoms with E-state index in [1.54, 1.807) is 25.3 Å². The van der Waals surface area contributed by atoms with Crippen molar-refractivity contribution < 1.29 is 9.53 Å². The molecule has 0 radical (unpaired) electrons. The SMILES string of the molecule is COC1CC(NC(=O)c2cc(Cl)cc(Br)c2)C1. The quantitative estimate of drug-likeness (QED) is 0.930. The largest absolute Gasteiger partial charge is 0.381 e. The summed E-state index contributed by atoms with van der Waals surface area (Å²) in [6, 6.07) is 5.38. The summed E-state index contributed by atoms with van der Waals surface area (Å²) in [5.41, 5.74) is 0.574. The highest BCUT2D eigenvalue weighted by atomic mass is 79.9. The molecular weight excluding hydrogens is 305 g/mol. The van der Waals surface area contributed by atoms with Crippen LogP contribution in [0.5, 0.6) is 0 Å². The van der Waals surface area contributed by atoms with E-state index in [9.17, 15) is 4.79 Å².